The highest BCUT2D eigenvalue weighted by Crippen LogP contribution is 2.09. The molecule has 0 aliphatic heterocycles. The number of rotatable bonds is 17. The zero-order valence-corrected chi connectivity index (χ0v) is 16.4. The Morgan fingerprint density at radius 3 is 2.35 bits per heavy atom. The van der Waals surface area contributed by atoms with Crippen LogP contribution in [0, 0.1) is 0 Å². The minimum absolute atomic E-state index is 0.206. The molecule has 4 heteroatoms. The van der Waals surface area contributed by atoms with Gasteiger partial charge in [-0.25, -0.2) is 0 Å². The van der Waals surface area contributed by atoms with E-state index >= 15 is 0 Å². The number of aliphatic carboxylic acids is 1. The normalized spacial score (nSPS) is 14.6. The van der Waals surface area contributed by atoms with E-state index in [9.17, 15) is 15.0 Å². The molecule has 0 aliphatic rings. The van der Waals surface area contributed by atoms with Gasteiger partial charge in [-0.3, -0.25) is 4.79 Å². The van der Waals surface area contributed by atoms with Gasteiger partial charge in [0, 0.05) is 6.42 Å². The lowest BCUT2D eigenvalue weighted by atomic mass is 10.1. The Labute approximate surface area is 159 Å². The van der Waals surface area contributed by atoms with Crippen LogP contribution in [-0.4, -0.2) is 33.5 Å². The van der Waals surface area contributed by atoms with Crippen LogP contribution in [0.15, 0.2) is 36.5 Å². The van der Waals surface area contributed by atoms with Gasteiger partial charge < -0.3 is 15.3 Å². The Kier molecular flexibility index (Phi) is 17.4. The lowest BCUT2D eigenvalue weighted by Gasteiger charge is -2.06. The second kappa shape index (κ2) is 18.4. The first-order valence-electron chi connectivity index (χ1n) is 10.1. The van der Waals surface area contributed by atoms with E-state index in [1.54, 1.807) is 6.08 Å². The van der Waals surface area contributed by atoms with E-state index in [0.29, 0.717) is 12.8 Å². The molecule has 2 unspecified atom stereocenters. The lowest BCUT2D eigenvalue weighted by molar-refractivity contribution is -0.137. The number of unbranched alkanes of at least 4 members (excludes halogenated alkanes) is 5. The van der Waals surface area contributed by atoms with E-state index in [2.05, 4.69) is 13.0 Å². The third-order valence-corrected chi connectivity index (χ3v) is 4.21. The van der Waals surface area contributed by atoms with Crippen molar-refractivity contribution in [3.8, 4) is 0 Å². The molecule has 0 fully saturated rings. The number of aliphatic hydroxyl groups excluding tert-OH is 2. The molecular formula is C22H38O4. The number of allylic oxidation sites excluding steroid dienone is 4. The smallest absolute Gasteiger partial charge is 0.303 e. The number of aliphatic hydroxyl groups is 2. The molecular weight excluding hydrogens is 328 g/mol. The van der Waals surface area contributed by atoms with Crippen LogP contribution in [-0.2, 0) is 4.79 Å². The summed E-state index contributed by atoms with van der Waals surface area (Å²) >= 11 is 0. The van der Waals surface area contributed by atoms with Gasteiger partial charge >= 0.3 is 5.97 Å². The van der Waals surface area contributed by atoms with Crippen molar-refractivity contribution >= 4 is 5.97 Å². The van der Waals surface area contributed by atoms with E-state index in [1.807, 2.05) is 24.3 Å². The van der Waals surface area contributed by atoms with Crippen LogP contribution in [0.2, 0.25) is 0 Å². The van der Waals surface area contributed by atoms with Crippen LogP contribution in [0.1, 0.15) is 84.0 Å². The first-order chi connectivity index (χ1) is 12.6. The fourth-order valence-electron chi connectivity index (χ4n) is 2.60. The van der Waals surface area contributed by atoms with Crippen LogP contribution in [0.4, 0.5) is 0 Å². The molecule has 0 rings (SSSR count). The highest BCUT2D eigenvalue weighted by molar-refractivity contribution is 5.66. The first-order valence-corrected chi connectivity index (χ1v) is 10.1. The van der Waals surface area contributed by atoms with E-state index in [1.165, 1.54) is 19.3 Å². The molecule has 0 radical (unpaired) electrons. The summed E-state index contributed by atoms with van der Waals surface area (Å²) in [5.41, 5.74) is 0. The average molecular weight is 367 g/mol. The summed E-state index contributed by atoms with van der Waals surface area (Å²) in [6.45, 7) is 2.19. The van der Waals surface area contributed by atoms with Crippen LogP contribution in [0.3, 0.4) is 0 Å². The summed E-state index contributed by atoms with van der Waals surface area (Å²) in [6.07, 6.45) is 21.4. The van der Waals surface area contributed by atoms with Crippen LogP contribution >= 0.6 is 0 Å². The maximum Gasteiger partial charge on any atom is 0.303 e. The molecule has 0 amide bonds. The Balaban J connectivity index is 3.62. The van der Waals surface area contributed by atoms with Crippen molar-refractivity contribution in [1.29, 1.82) is 0 Å². The zero-order valence-electron chi connectivity index (χ0n) is 16.4. The summed E-state index contributed by atoms with van der Waals surface area (Å²) in [5.74, 6) is -0.758. The number of hydrogen-bond donors (Lipinski definition) is 3. The van der Waals surface area contributed by atoms with Crippen LogP contribution < -0.4 is 0 Å². The van der Waals surface area contributed by atoms with Crippen LogP contribution in [0.25, 0.3) is 0 Å². The fourth-order valence-corrected chi connectivity index (χ4v) is 2.60. The highest BCUT2D eigenvalue weighted by atomic mass is 16.4. The molecule has 0 bridgehead atoms. The monoisotopic (exact) mass is 366 g/mol. The molecule has 4 nitrogen and oxygen atoms in total. The Hall–Kier alpha value is -1.39. The Bertz CT molecular complexity index is 412. The molecule has 0 aromatic rings. The van der Waals surface area contributed by atoms with Gasteiger partial charge in [0.1, 0.15) is 0 Å². The van der Waals surface area contributed by atoms with Crippen molar-refractivity contribution in [3.63, 3.8) is 0 Å². The minimum atomic E-state index is -0.758. The fraction of sp³-hybridized carbons (Fsp3) is 0.682. The quantitative estimate of drug-likeness (QED) is 0.189. The van der Waals surface area contributed by atoms with Gasteiger partial charge in [0.25, 0.3) is 0 Å². The number of carboxylic acid groups (broad SMARTS) is 1. The molecule has 0 aromatic carbocycles. The molecule has 150 valence electrons. The van der Waals surface area contributed by atoms with E-state index in [-0.39, 0.29) is 12.5 Å². The lowest BCUT2D eigenvalue weighted by Crippen LogP contribution is -2.04. The van der Waals surface area contributed by atoms with Gasteiger partial charge in [-0.05, 0) is 32.1 Å². The summed E-state index contributed by atoms with van der Waals surface area (Å²) < 4.78 is 0. The second-order valence-corrected chi connectivity index (χ2v) is 6.82. The summed E-state index contributed by atoms with van der Waals surface area (Å²) in [5, 5.41) is 28.2. The van der Waals surface area contributed by atoms with Crippen molar-refractivity contribution in [3.05, 3.63) is 36.5 Å². The Morgan fingerprint density at radius 1 is 0.885 bits per heavy atom. The van der Waals surface area contributed by atoms with Crippen LogP contribution in [0.5, 0.6) is 0 Å². The topological polar surface area (TPSA) is 77.8 Å². The largest absolute Gasteiger partial charge is 0.481 e. The molecule has 2 atom stereocenters. The number of carbonyl (C=O) groups is 1. The molecule has 3 N–H and O–H groups in total. The standard InChI is InChI=1S/C22H38O4/c1-2-3-4-10-15-20(23)16-11-7-5-6-8-12-17-21(24)18-13-9-14-19-22(25)26/h6-8,11-12,17,20-21,23-24H,2-5,9-10,13-16,18-19H2,1H3,(H,25,26)/b8-6-,11-7-,17-12+. The van der Waals surface area contributed by atoms with Gasteiger partial charge in [-0.2, -0.15) is 0 Å². The van der Waals surface area contributed by atoms with Crippen molar-refractivity contribution < 1.29 is 20.1 Å². The minimum Gasteiger partial charge on any atom is -0.481 e. The van der Waals surface area contributed by atoms with E-state index in [4.69, 9.17) is 5.11 Å². The van der Waals surface area contributed by atoms with Crippen molar-refractivity contribution in [2.75, 3.05) is 0 Å². The van der Waals surface area contributed by atoms with Gasteiger partial charge in [-0.1, -0.05) is 81.9 Å². The average Bonchev–Trinajstić information content (AvgIpc) is 2.60. The summed E-state index contributed by atoms with van der Waals surface area (Å²) in [7, 11) is 0. The number of hydrogen-bond acceptors (Lipinski definition) is 3. The molecule has 0 saturated carbocycles. The van der Waals surface area contributed by atoms with Crippen molar-refractivity contribution in [2.45, 2.75) is 96.2 Å². The SMILES string of the molecule is CCCCCCC(O)C/C=C\C/C=C\C=C\C(O)CCCCCC(=O)O. The third kappa shape index (κ3) is 18.9. The molecule has 0 saturated heterocycles. The van der Waals surface area contributed by atoms with Gasteiger partial charge in [-0.15, -0.1) is 0 Å². The molecule has 0 aliphatic carbocycles. The zero-order chi connectivity index (χ0) is 19.5. The Morgan fingerprint density at radius 2 is 1.62 bits per heavy atom. The third-order valence-electron chi connectivity index (χ3n) is 4.21. The molecule has 26 heavy (non-hydrogen) atoms. The first kappa shape index (κ1) is 24.6. The van der Waals surface area contributed by atoms with Crippen molar-refractivity contribution in [1.82, 2.24) is 0 Å². The molecule has 0 spiro atoms. The maximum atomic E-state index is 10.4. The van der Waals surface area contributed by atoms with E-state index in [0.717, 1.165) is 38.5 Å². The van der Waals surface area contributed by atoms with E-state index < -0.39 is 12.1 Å². The van der Waals surface area contributed by atoms with Crippen molar-refractivity contribution in [2.24, 2.45) is 0 Å². The molecule has 0 aromatic heterocycles. The highest BCUT2D eigenvalue weighted by Gasteiger charge is 2.01. The number of carboxylic acids is 1. The predicted octanol–water partition coefficient (Wildman–Crippen LogP) is 5.16. The molecule has 0 heterocycles. The predicted molar refractivity (Wildman–Crippen MR) is 108 cm³/mol. The second-order valence-electron chi connectivity index (χ2n) is 6.82. The summed E-state index contributed by atoms with van der Waals surface area (Å²) in [4.78, 5) is 10.4. The maximum absolute atomic E-state index is 10.4. The van der Waals surface area contributed by atoms with Gasteiger partial charge in [0.15, 0.2) is 0 Å². The summed E-state index contributed by atoms with van der Waals surface area (Å²) in [6, 6.07) is 0. The van der Waals surface area contributed by atoms with Gasteiger partial charge in [0.05, 0.1) is 12.2 Å². The van der Waals surface area contributed by atoms with Gasteiger partial charge in [0.2, 0.25) is 0 Å².